The van der Waals surface area contributed by atoms with Crippen molar-refractivity contribution in [1.29, 1.82) is 0 Å². The zero-order valence-corrected chi connectivity index (χ0v) is 12.4. The molecule has 0 amide bonds. The number of benzene rings is 1. The molecule has 0 saturated heterocycles. The predicted octanol–water partition coefficient (Wildman–Crippen LogP) is 3.45. The summed E-state index contributed by atoms with van der Waals surface area (Å²) in [5, 5.41) is 4.54. The number of fused-ring (bicyclic) bond motifs is 1. The standard InChI is InChI=1S/C14H10F3N3OS/c1-7-3-8(2)5-9(4-7)12-19-20-11(21)6-10(14(15,16)17)18-13(20)22-12/h3-6H,1-2H3. The van der Waals surface area contributed by atoms with Gasteiger partial charge in [-0.05, 0) is 26.0 Å². The van der Waals surface area contributed by atoms with Crippen molar-refractivity contribution in [3.63, 3.8) is 0 Å². The maximum Gasteiger partial charge on any atom is 0.433 e. The molecule has 3 rings (SSSR count). The van der Waals surface area contributed by atoms with Crippen LogP contribution in [-0.4, -0.2) is 14.6 Å². The molecule has 0 bridgehead atoms. The van der Waals surface area contributed by atoms with Crippen molar-refractivity contribution in [3.8, 4) is 10.6 Å². The Hall–Kier alpha value is -2.22. The van der Waals surface area contributed by atoms with E-state index in [1.54, 1.807) is 0 Å². The van der Waals surface area contributed by atoms with Gasteiger partial charge in [0, 0.05) is 11.6 Å². The third-order valence-corrected chi connectivity index (χ3v) is 3.96. The second-order valence-electron chi connectivity index (χ2n) is 4.96. The lowest BCUT2D eigenvalue weighted by atomic mass is 10.1. The molecule has 0 radical (unpaired) electrons. The first-order chi connectivity index (χ1) is 10.2. The van der Waals surface area contributed by atoms with Crippen molar-refractivity contribution in [1.82, 2.24) is 14.6 Å². The summed E-state index contributed by atoms with van der Waals surface area (Å²) >= 11 is 0.953. The van der Waals surface area contributed by atoms with Crippen LogP contribution >= 0.6 is 11.3 Å². The van der Waals surface area contributed by atoms with E-state index in [0.717, 1.165) is 32.5 Å². The van der Waals surface area contributed by atoms with Crippen LogP contribution in [0.1, 0.15) is 16.8 Å². The van der Waals surface area contributed by atoms with Gasteiger partial charge < -0.3 is 0 Å². The molecule has 3 aromatic rings. The van der Waals surface area contributed by atoms with Crippen LogP contribution in [-0.2, 0) is 6.18 Å². The minimum absolute atomic E-state index is 0.0750. The van der Waals surface area contributed by atoms with E-state index in [9.17, 15) is 18.0 Å². The molecule has 22 heavy (non-hydrogen) atoms. The molecule has 0 unspecified atom stereocenters. The van der Waals surface area contributed by atoms with Gasteiger partial charge in [-0.3, -0.25) is 4.79 Å². The van der Waals surface area contributed by atoms with Gasteiger partial charge in [-0.1, -0.05) is 28.5 Å². The van der Waals surface area contributed by atoms with Gasteiger partial charge in [-0.25, -0.2) is 4.98 Å². The van der Waals surface area contributed by atoms with Crippen LogP contribution in [0.3, 0.4) is 0 Å². The van der Waals surface area contributed by atoms with E-state index in [0.29, 0.717) is 11.1 Å². The van der Waals surface area contributed by atoms with Crippen LogP contribution in [0.2, 0.25) is 0 Å². The molecule has 2 aromatic heterocycles. The lowest BCUT2D eigenvalue weighted by Crippen LogP contribution is -2.19. The monoisotopic (exact) mass is 325 g/mol. The molecule has 0 fully saturated rings. The molecule has 2 heterocycles. The summed E-state index contributed by atoms with van der Waals surface area (Å²) in [4.78, 5) is 15.2. The van der Waals surface area contributed by atoms with Gasteiger partial charge in [-0.2, -0.15) is 22.8 Å². The molecule has 0 aliphatic carbocycles. The number of aryl methyl sites for hydroxylation is 2. The molecule has 0 spiro atoms. The number of hydrogen-bond acceptors (Lipinski definition) is 4. The van der Waals surface area contributed by atoms with Crippen LogP contribution in [0.15, 0.2) is 29.1 Å². The van der Waals surface area contributed by atoms with Crippen molar-refractivity contribution >= 4 is 16.3 Å². The van der Waals surface area contributed by atoms with Gasteiger partial charge >= 0.3 is 6.18 Å². The van der Waals surface area contributed by atoms with Crippen LogP contribution in [0.25, 0.3) is 15.5 Å². The van der Waals surface area contributed by atoms with Crippen molar-refractivity contribution in [3.05, 3.63) is 51.4 Å². The summed E-state index contributed by atoms with van der Waals surface area (Å²) in [6.07, 6.45) is -4.65. The third-order valence-electron chi connectivity index (χ3n) is 3.00. The molecule has 8 heteroatoms. The van der Waals surface area contributed by atoms with Crippen molar-refractivity contribution in [2.24, 2.45) is 0 Å². The number of hydrogen-bond donors (Lipinski definition) is 0. The number of halogens is 3. The van der Waals surface area contributed by atoms with E-state index in [1.165, 1.54) is 0 Å². The topological polar surface area (TPSA) is 47.3 Å². The molecule has 0 atom stereocenters. The molecule has 0 aliphatic rings. The molecule has 0 N–H and O–H groups in total. The molecule has 0 aliphatic heterocycles. The molecule has 114 valence electrons. The minimum Gasteiger partial charge on any atom is -0.267 e. The SMILES string of the molecule is Cc1cc(C)cc(-c2nn3c(=O)cc(C(F)(F)F)nc3s2)c1. The number of nitrogens with zero attached hydrogens (tertiary/aromatic N) is 3. The summed E-state index contributed by atoms with van der Waals surface area (Å²) in [6.45, 7) is 3.83. The summed E-state index contributed by atoms with van der Waals surface area (Å²) in [5.74, 6) is 0. The highest BCUT2D eigenvalue weighted by Gasteiger charge is 2.34. The van der Waals surface area contributed by atoms with Gasteiger partial charge in [0.05, 0.1) is 0 Å². The Morgan fingerprint density at radius 1 is 1.09 bits per heavy atom. The Balaban J connectivity index is 2.22. The summed E-state index contributed by atoms with van der Waals surface area (Å²) in [6, 6.07) is 6.15. The fourth-order valence-corrected chi connectivity index (χ4v) is 3.06. The Kier molecular flexibility index (Phi) is 3.28. The van der Waals surface area contributed by atoms with Crippen molar-refractivity contribution in [2.45, 2.75) is 20.0 Å². The lowest BCUT2D eigenvalue weighted by molar-refractivity contribution is -0.141. The summed E-state index contributed by atoms with van der Waals surface area (Å²) in [5.41, 5.74) is 0.717. The van der Waals surface area contributed by atoms with Crippen LogP contribution in [0, 0.1) is 13.8 Å². The number of rotatable bonds is 1. The number of alkyl halides is 3. The van der Waals surface area contributed by atoms with Gasteiger partial charge in [0.25, 0.3) is 5.56 Å². The second kappa shape index (κ2) is 4.91. The maximum atomic E-state index is 12.7. The van der Waals surface area contributed by atoms with Gasteiger partial charge in [0.2, 0.25) is 4.96 Å². The second-order valence-corrected chi connectivity index (χ2v) is 5.91. The number of aromatic nitrogens is 3. The third kappa shape index (κ3) is 2.61. The van der Waals surface area contributed by atoms with Crippen LogP contribution in [0.4, 0.5) is 13.2 Å². The normalized spacial score (nSPS) is 12.0. The van der Waals surface area contributed by atoms with Crippen LogP contribution < -0.4 is 5.56 Å². The maximum absolute atomic E-state index is 12.7. The highest BCUT2D eigenvalue weighted by Crippen LogP contribution is 2.30. The summed E-state index contributed by atoms with van der Waals surface area (Å²) < 4.78 is 39.0. The molecule has 4 nitrogen and oxygen atoms in total. The average Bonchev–Trinajstić information content (AvgIpc) is 2.81. The highest BCUT2D eigenvalue weighted by atomic mass is 32.1. The van der Waals surface area contributed by atoms with Crippen LogP contribution in [0.5, 0.6) is 0 Å². The first kappa shape index (κ1) is 14.7. The first-order valence-corrected chi connectivity index (χ1v) is 7.12. The first-order valence-electron chi connectivity index (χ1n) is 6.31. The zero-order valence-electron chi connectivity index (χ0n) is 11.6. The van der Waals surface area contributed by atoms with E-state index in [2.05, 4.69) is 10.1 Å². The Labute approximate surface area is 126 Å². The van der Waals surface area contributed by atoms with Gasteiger partial charge in [0.15, 0.2) is 5.69 Å². The Morgan fingerprint density at radius 3 is 2.32 bits per heavy atom. The van der Waals surface area contributed by atoms with Gasteiger partial charge in [0.1, 0.15) is 5.01 Å². The predicted molar refractivity (Wildman–Crippen MR) is 77.0 cm³/mol. The largest absolute Gasteiger partial charge is 0.433 e. The fraction of sp³-hybridized carbons (Fsp3) is 0.214. The smallest absolute Gasteiger partial charge is 0.267 e. The Morgan fingerprint density at radius 2 is 1.73 bits per heavy atom. The van der Waals surface area contributed by atoms with E-state index in [-0.39, 0.29) is 4.96 Å². The average molecular weight is 325 g/mol. The molecular weight excluding hydrogens is 315 g/mol. The Bertz CT molecular complexity index is 907. The van der Waals surface area contributed by atoms with Crippen molar-refractivity contribution < 1.29 is 13.2 Å². The quantitative estimate of drug-likeness (QED) is 0.688. The molecule has 1 aromatic carbocycles. The highest BCUT2D eigenvalue weighted by molar-refractivity contribution is 7.19. The van der Waals surface area contributed by atoms with E-state index in [1.807, 2.05) is 32.0 Å². The fourth-order valence-electron chi connectivity index (χ4n) is 2.17. The zero-order chi connectivity index (χ0) is 16.1. The van der Waals surface area contributed by atoms with E-state index in [4.69, 9.17) is 0 Å². The molecule has 0 saturated carbocycles. The lowest BCUT2D eigenvalue weighted by Gasteiger charge is -2.03. The summed E-state index contributed by atoms with van der Waals surface area (Å²) in [7, 11) is 0. The minimum atomic E-state index is -4.65. The molecular formula is C14H10F3N3OS. The van der Waals surface area contributed by atoms with Crippen molar-refractivity contribution in [2.75, 3.05) is 0 Å². The van der Waals surface area contributed by atoms with E-state index < -0.39 is 17.4 Å². The van der Waals surface area contributed by atoms with Gasteiger partial charge in [-0.15, -0.1) is 0 Å². The van der Waals surface area contributed by atoms with E-state index >= 15 is 0 Å².